The van der Waals surface area contributed by atoms with Crippen LogP contribution in [0.15, 0.2) is 24.3 Å². The SMILES string of the molecule is CC(C)COCCCNC(=O)C1CC(=O)N(c2ccccc2Cl)C1. The van der Waals surface area contributed by atoms with E-state index in [1.807, 2.05) is 12.1 Å². The van der Waals surface area contributed by atoms with E-state index in [1.165, 1.54) is 0 Å². The standard InChI is InChI=1S/C18H25ClN2O3/c1-13(2)12-24-9-5-8-20-18(23)14-10-17(22)21(11-14)16-7-4-3-6-15(16)19/h3-4,6-7,13-14H,5,8-12H2,1-2H3,(H,20,23). The maximum absolute atomic E-state index is 12.2. The zero-order valence-corrected chi connectivity index (χ0v) is 15.0. The predicted octanol–water partition coefficient (Wildman–Crippen LogP) is 2.87. The third-order valence-electron chi connectivity index (χ3n) is 3.85. The van der Waals surface area contributed by atoms with E-state index in [2.05, 4.69) is 19.2 Å². The summed E-state index contributed by atoms with van der Waals surface area (Å²) in [7, 11) is 0. The van der Waals surface area contributed by atoms with Crippen molar-refractivity contribution in [1.29, 1.82) is 0 Å². The zero-order chi connectivity index (χ0) is 17.5. The lowest BCUT2D eigenvalue weighted by molar-refractivity contribution is -0.126. The molecule has 0 aliphatic carbocycles. The van der Waals surface area contributed by atoms with Crippen LogP contribution in [0.3, 0.4) is 0 Å². The van der Waals surface area contributed by atoms with Crippen LogP contribution in [-0.4, -0.2) is 38.1 Å². The number of anilines is 1. The highest BCUT2D eigenvalue weighted by Gasteiger charge is 2.35. The first-order valence-electron chi connectivity index (χ1n) is 8.39. The monoisotopic (exact) mass is 352 g/mol. The predicted molar refractivity (Wildman–Crippen MR) is 95.2 cm³/mol. The van der Waals surface area contributed by atoms with Gasteiger partial charge in [0, 0.05) is 32.7 Å². The Hall–Kier alpha value is -1.59. The quantitative estimate of drug-likeness (QED) is 0.732. The van der Waals surface area contributed by atoms with Crippen molar-refractivity contribution in [3.05, 3.63) is 29.3 Å². The number of nitrogens with one attached hydrogen (secondary N) is 1. The van der Waals surface area contributed by atoms with Gasteiger partial charge in [-0.25, -0.2) is 0 Å². The molecule has 1 saturated heterocycles. The molecule has 1 unspecified atom stereocenters. The number of nitrogens with zero attached hydrogens (tertiary/aromatic N) is 1. The highest BCUT2D eigenvalue weighted by molar-refractivity contribution is 6.33. The summed E-state index contributed by atoms with van der Waals surface area (Å²) in [5, 5.41) is 3.41. The second-order valence-electron chi connectivity index (χ2n) is 6.47. The van der Waals surface area contributed by atoms with Gasteiger partial charge in [0.1, 0.15) is 0 Å². The number of amides is 2. The van der Waals surface area contributed by atoms with Crippen LogP contribution in [0.4, 0.5) is 5.69 Å². The third-order valence-corrected chi connectivity index (χ3v) is 4.17. The van der Waals surface area contributed by atoms with Gasteiger partial charge in [-0.15, -0.1) is 0 Å². The molecule has 24 heavy (non-hydrogen) atoms. The van der Waals surface area contributed by atoms with Gasteiger partial charge < -0.3 is 15.0 Å². The number of para-hydroxylation sites is 1. The summed E-state index contributed by atoms with van der Waals surface area (Å²) < 4.78 is 5.48. The molecule has 5 nitrogen and oxygen atoms in total. The molecule has 1 aliphatic rings. The van der Waals surface area contributed by atoms with E-state index in [1.54, 1.807) is 17.0 Å². The minimum atomic E-state index is -0.328. The average Bonchev–Trinajstić information content (AvgIpc) is 2.92. The summed E-state index contributed by atoms with van der Waals surface area (Å²) >= 11 is 6.14. The number of hydrogen-bond acceptors (Lipinski definition) is 3. The normalized spacial score (nSPS) is 17.6. The maximum Gasteiger partial charge on any atom is 0.227 e. The molecular weight excluding hydrogens is 328 g/mol. The third kappa shape index (κ3) is 5.21. The molecule has 1 N–H and O–H groups in total. The highest BCUT2D eigenvalue weighted by atomic mass is 35.5. The Kier molecular flexibility index (Phi) is 7.06. The molecule has 1 heterocycles. The summed E-state index contributed by atoms with van der Waals surface area (Å²) in [6.45, 7) is 6.50. The van der Waals surface area contributed by atoms with E-state index >= 15 is 0 Å². The summed E-state index contributed by atoms with van der Waals surface area (Å²) in [5.41, 5.74) is 0.668. The van der Waals surface area contributed by atoms with Gasteiger partial charge in [-0.2, -0.15) is 0 Å². The van der Waals surface area contributed by atoms with Gasteiger partial charge in [-0.1, -0.05) is 37.6 Å². The van der Waals surface area contributed by atoms with Gasteiger partial charge in [0.05, 0.1) is 16.6 Å². The Labute approximate surface area is 148 Å². The fourth-order valence-corrected chi connectivity index (χ4v) is 2.87. The highest BCUT2D eigenvalue weighted by Crippen LogP contribution is 2.30. The van der Waals surface area contributed by atoms with Crippen molar-refractivity contribution in [3.63, 3.8) is 0 Å². The Morgan fingerprint density at radius 2 is 2.17 bits per heavy atom. The Balaban J connectivity index is 1.76. The number of carbonyl (C=O) groups excluding carboxylic acids is 2. The molecule has 1 fully saturated rings. The number of carbonyl (C=O) groups is 2. The van der Waals surface area contributed by atoms with Crippen molar-refractivity contribution in [2.24, 2.45) is 11.8 Å². The van der Waals surface area contributed by atoms with Crippen LogP contribution in [0.1, 0.15) is 26.7 Å². The lowest BCUT2D eigenvalue weighted by Crippen LogP contribution is -2.34. The Bertz CT molecular complexity index is 577. The fraction of sp³-hybridized carbons (Fsp3) is 0.556. The minimum absolute atomic E-state index is 0.0662. The van der Waals surface area contributed by atoms with E-state index in [0.29, 0.717) is 36.3 Å². The molecular formula is C18H25ClN2O3. The summed E-state index contributed by atoms with van der Waals surface area (Å²) in [6, 6.07) is 7.19. The van der Waals surface area contributed by atoms with E-state index in [9.17, 15) is 9.59 Å². The van der Waals surface area contributed by atoms with Crippen LogP contribution in [0.25, 0.3) is 0 Å². The zero-order valence-electron chi connectivity index (χ0n) is 14.3. The molecule has 2 amide bonds. The second kappa shape index (κ2) is 9.04. The molecule has 1 atom stereocenters. The number of halogens is 1. The molecule has 1 aliphatic heterocycles. The number of ether oxygens (including phenoxy) is 1. The van der Waals surface area contributed by atoms with Crippen LogP contribution in [0, 0.1) is 11.8 Å². The van der Waals surface area contributed by atoms with E-state index < -0.39 is 0 Å². The lowest BCUT2D eigenvalue weighted by Gasteiger charge is -2.18. The molecule has 132 valence electrons. The van der Waals surface area contributed by atoms with Gasteiger partial charge in [0.25, 0.3) is 0 Å². The summed E-state index contributed by atoms with van der Waals surface area (Å²) in [4.78, 5) is 26.0. The smallest absolute Gasteiger partial charge is 0.227 e. The van der Waals surface area contributed by atoms with Crippen molar-refractivity contribution in [1.82, 2.24) is 5.32 Å². The Morgan fingerprint density at radius 3 is 2.88 bits per heavy atom. The molecule has 2 rings (SSSR count). The van der Waals surface area contributed by atoms with Gasteiger partial charge in [-0.05, 0) is 24.5 Å². The van der Waals surface area contributed by atoms with Gasteiger partial charge in [0.15, 0.2) is 0 Å². The second-order valence-corrected chi connectivity index (χ2v) is 6.88. The number of benzene rings is 1. The van der Waals surface area contributed by atoms with Crippen molar-refractivity contribution in [3.8, 4) is 0 Å². The minimum Gasteiger partial charge on any atom is -0.381 e. The van der Waals surface area contributed by atoms with Crippen LogP contribution < -0.4 is 10.2 Å². The lowest BCUT2D eigenvalue weighted by atomic mass is 10.1. The van der Waals surface area contributed by atoms with Gasteiger partial charge >= 0.3 is 0 Å². The van der Waals surface area contributed by atoms with Crippen LogP contribution >= 0.6 is 11.6 Å². The summed E-state index contributed by atoms with van der Waals surface area (Å²) in [5.74, 6) is 0.0375. The van der Waals surface area contributed by atoms with Crippen LogP contribution in [0.2, 0.25) is 5.02 Å². The molecule has 1 aromatic rings. The van der Waals surface area contributed by atoms with E-state index in [-0.39, 0.29) is 24.2 Å². The van der Waals surface area contributed by atoms with E-state index in [4.69, 9.17) is 16.3 Å². The largest absolute Gasteiger partial charge is 0.381 e. The molecule has 0 bridgehead atoms. The van der Waals surface area contributed by atoms with Crippen LogP contribution in [0.5, 0.6) is 0 Å². The molecule has 0 saturated carbocycles. The number of hydrogen-bond donors (Lipinski definition) is 1. The number of rotatable bonds is 8. The first kappa shape index (κ1) is 18.7. The first-order valence-corrected chi connectivity index (χ1v) is 8.77. The first-order chi connectivity index (χ1) is 11.5. The topological polar surface area (TPSA) is 58.6 Å². The maximum atomic E-state index is 12.2. The van der Waals surface area contributed by atoms with Crippen molar-refractivity contribution < 1.29 is 14.3 Å². The van der Waals surface area contributed by atoms with Crippen molar-refractivity contribution in [2.75, 3.05) is 31.2 Å². The molecule has 0 spiro atoms. The van der Waals surface area contributed by atoms with Crippen molar-refractivity contribution in [2.45, 2.75) is 26.7 Å². The average molecular weight is 353 g/mol. The Morgan fingerprint density at radius 1 is 1.42 bits per heavy atom. The van der Waals surface area contributed by atoms with Crippen LogP contribution in [-0.2, 0) is 14.3 Å². The van der Waals surface area contributed by atoms with E-state index in [0.717, 1.165) is 13.0 Å². The molecule has 6 heteroatoms. The van der Waals surface area contributed by atoms with Crippen molar-refractivity contribution >= 4 is 29.1 Å². The molecule has 0 aromatic heterocycles. The molecule has 0 radical (unpaired) electrons. The fourth-order valence-electron chi connectivity index (χ4n) is 2.64. The summed E-state index contributed by atoms with van der Waals surface area (Å²) in [6.07, 6.45) is 0.994. The van der Waals surface area contributed by atoms with Gasteiger partial charge in [0.2, 0.25) is 11.8 Å². The van der Waals surface area contributed by atoms with Gasteiger partial charge in [-0.3, -0.25) is 9.59 Å². The molecule has 1 aromatic carbocycles.